The number of benzene rings is 3. The summed E-state index contributed by atoms with van der Waals surface area (Å²) in [4.78, 5) is 17.4. The summed E-state index contributed by atoms with van der Waals surface area (Å²) in [5.74, 6) is 0.221. The van der Waals surface area contributed by atoms with E-state index in [1.807, 2.05) is 61.5 Å². The van der Waals surface area contributed by atoms with Crippen LogP contribution in [0.1, 0.15) is 16.7 Å². The van der Waals surface area contributed by atoms with Crippen LogP contribution in [0.15, 0.2) is 82.7 Å². The molecule has 0 unspecified atom stereocenters. The smallest absolute Gasteiger partial charge is 0.264 e. The van der Waals surface area contributed by atoms with Gasteiger partial charge in [-0.3, -0.25) is 4.79 Å². The van der Waals surface area contributed by atoms with Crippen molar-refractivity contribution in [3.8, 4) is 5.75 Å². The highest BCUT2D eigenvalue weighted by atomic mass is 32.2. The third-order valence-corrected chi connectivity index (χ3v) is 5.30. The molecule has 150 valence electrons. The fourth-order valence-electron chi connectivity index (χ4n) is 2.81. The van der Waals surface area contributed by atoms with Crippen molar-refractivity contribution in [3.05, 3.63) is 100 Å². The van der Waals surface area contributed by atoms with Gasteiger partial charge in [0.25, 0.3) is 5.91 Å². The van der Waals surface area contributed by atoms with Crippen LogP contribution >= 0.6 is 11.8 Å². The maximum absolute atomic E-state index is 13.0. The number of nitrogens with zero attached hydrogens (tertiary/aromatic N) is 1. The number of rotatable bonds is 5. The van der Waals surface area contributed by atoms with Gasteiger partial charge in [-0.2, -0.15) is 0 Å². The Morgan fingerprint density at radius 3 is 2.60 bits per heavy atom. The Morgan fingerprint density at radius 2 is 1.83 bits per heavy atom. The number of hydrogen-bond acceptors (Lipinski definition) is 4. The molecule has 1 aliphatic heterocycles. The Kier molecular flexibility index (Phi) is 5.95. The summed E-state index contributed by atoms with van der Waals surface area (Å²) in [6, 6.07) is 21.5. The highest BCUT2D eigenvalue weighted by Crippen LogP contribution is 2.29. The molecule has 4 rings (SSSR count). The Hall–Kier alpha value is -3.38. The molecule has 1 saturated heterocycles. The van der Waals surface area contributed by atoms with E-state index in [0.717, 1.165) is 22.4 Å². The van der Waals surface area contributed by atoms with Gasteiger partial charge < -0.3 is 10.1 Å². The van der Waals surface area contributed by atoms with Gasteiger partial charge in [0.2, 0.25) is 0 Å². The molecule has 4 nitrogen and oxygen atoms in total. The second-order valence-electron chi connectivity index (χ2n) is 6.80. The van der Waals surface area contributed by atoms with Crippen LogP contribution in [0.3, 0.4) is 0 Å². The zero-order valence-electron chi connectivity index (χ0n) is 16.3. The van der Waals surface area contributed by atoms with Crippen molar-refractivity contribution in [1.82, 2.24) is 5.32 Å². The molecule has 6 heteroatoms. The molecular weight excluding hydrogens is 399 g/mol. The highest BCUT2D eigenvalue weighted by Gasteiger charge is 2.23. The molecule has 3 aromatic rings. The number of carbonyl (C=O) groups is 1. The molecule has 0 spiro atoms. The first-order chi connectivity index (χ1) is 14.5. The molecule has 0 radical (unpaired) electrons. The number of aliphatic imine (C=N–C) groups is 1. The fourth-order valence-corrected chi connectivity index (χ4v) is 3.65. The standard InChI is InChI=1S/C24H19FN2O2S/c1-16-5-11-20(12-6-16)26-24-27-23(28)22(30-24)14-18-3-2-4-21(13-18)29-15-17-7-9-19(25)10-8-17/h2-14H,15H2,1H3,(H,26,27,28)/b22-14-. The quantitative estimate of drug-likeness (QED) is 0.549. The third-order valence-electron chi connectivity index (χ3n) is 4.39. The molecule has 1 aliphatic rings. The van der Waals surface area contributed by atoms with Gasteiger partial charge in [-0.15, -0.1) is 0 Å². The summed E-state index contributed by atoms with van der Waals surface area (Å²) in [6.45, 7) is 2.35. The highest BCUT2D eigenvalue weighted by molar-refractivity contribution is 8.18. The Balaban J connectivity index is 1.45. The topological polar surface area (TPSA) is 50.7 Å². The van der Waals surface area contributed by atoms with E-state index in [-0.39, 0.29) is 11.7 Å². The van der Waals surface area contributed by atoms with E-state index < -0.39 is 0 Å². The molecule has 0 aromatic heterocycles. The number of aryl methyl sites for hydroxylation is 1. The molecule has 0 saturated carbocycles. The van der Waals surface area contributed by atoms with Crippen LogP contribution in [0.2, 0.25) is 0 Å². The average Bonchev–Trinajstić information content (AvgIpc) is 3.08. The number of carbonyl (C=O) groups excluding carboxylic acids is 1. The van der Waals surface area contributed by atoms with Crippen molar-refractivity contribution >= 4 is 34.6 Å². The predicted octanol–water partition coefficient (Wildman–Crippen LogP) is 5.60. The zero-order chi connectivity index (χ0) is 20.9. The minimum Gasteiger partial charge on any atom is -0.489 e. The zero-order valence-corrected chi connectivity index (χ0v) is 17.1. The number of nitrogens with one attached hydrogen (secondary N) is 1. The molecule has 0 aliphatic carbocycles. The molecule has 0 atom stereocenters. The van der Waals surface area contributed by atoms with E-state index in [4.69, 9.17) is 4.74 Å². The molecule has 0 bridgehead atoms. The van der Waals surface area contributed by atoms with E-state index in [9.17, 15) is 9.18 Å². The minimum atomic E-state index is -0.273. The van der Waals surface area contributed by atoms with Gasteiger partial charge in [0.15, 0.2) is 5.17 Å². The molecule has 30 heavy (non-hydrogen) atoms. The largest absolute Gasteiger partial charge is 0.489 e. The van der Waals surface area contributed by atoms with Crippen molar-refractivity contribution in [1.29, 1.82) is 0 Å². The van der Waals surface area contributed by atoms with Crippen molar-refractivity contribution in [2.75, 3.05) is 0 Å². The molecular formula is C24H19FN2O2S. The Bertz CT molecular complexity index is 1120. The van der Waals surface area contributed by atoms with Gasteiger partial charge in [0, 0.05) is 0 Å². The summed E-state index contributed by atoms with van der Waals surface area (Å²) in [7, 11) is 0. The van der Waals surface area contributed by atoms with Crippen molar-refractivity contribution in [3.63, 3.8) is 0 Å². The van der Waals surface area contributed by atoms with E-state index in [2.05, 4.69) is 10.3 Å². The van der Waals surface area contributed by atoms with Crippen LogP contribution in [0.5, 0.6) is 5.75 Å². The first-order valence-electron chi connectivity index (χ1n) is 9.39. The van der Waals surface area contributed by atoms with Crippen LogP contribution in [0, 0.1) is 12.7 Å². The number of thioether (sulfide) groups is 1. The third kappa shape index (κ3) is 5.15. The second-order valence-corrected chi connectivity index (χ2v) is 7.84. The lowest BCUT2D eigenvalue weighted by molar-refractivity contribution is -0.115. The Labute approximate surface area is 178 Å². The molecule has 1 N–H and O–H groups in total. The van der Waals surface area contributed by atoms with Crippen molar-refractivity contribution in [2.45, 2.75) is 13.5 Å². The van der Waals surface area contributed by atoms with Crippen molar-refractivity contribution < 1.29 is 13.9 Å². The predicted molar refractivity (Wildman–Crippen MR) is 119 cm³/mol. The van der Waals surface area contributed by atoms with E-state index >= 15 is 0 Å². The summed E-state index contributed by atoms with van der Waals surface area (Å²) >= 11 is 1.30. The fraction of sp³-hybridized carbons (Fsp3) is 0.0833. The van der Waals surface area contributed by atoms with Crippen LogP contribution in [-0.4, -0.2) is 11.1 Å². The van der Waals surface area contributed by atoms with E-state index in [1.165, 1.54) is 23.9 Å². The lowest BCUT2D eigenvalue weighted by Gasteiger charge is -2.07. The van der Waals surface area contributed by atoms with Gasteiger partial charge in [-0.25, -0.2) is 9.38 Å². The number of hydrogen-bond donors (Lipinski definition) is 1. The van der Waals surface area contributed by atoms with Gasteiger partial charge in [-0.1, -0.05) is 42.0 Å². The monoisotopic (exact) mass is 418 g/mol. The summed E-state index contributed by atoms with van der Waals surface area (Å²) in [6.07, 6.45) is 1.81. The number of halogens is 1. The maximum atomic E-state index is 13.0. The van der Waals surface area contributed by atoms with Crippen LogP contribution in [-0.2, 0) is 11.4 Å². The number of amides is 1. The first kappa shape index (κ1) is 19.9. The average molecular weight is 418 g/mol. The lowest BCUT2D eigenvalue weighted by atomic mass is 10.2. The first-order valence-corrected chi connectivity index (χ1v) is 10.2. The van der Waals surface area contributed by atoms with Gasteiger partial charge >= 0.3 is 0 Å². The maximum Gasteiger partial charge on any atom is 0.264 e. The van der Waals surface area contributed by atoms with Gasteiger partial charge in [-0.05, 0) is 72.3 Å². The van der Waals surface area contributed by atoms with E-state index in [0.29, 0.717) is 22.4 Å². The number of amidine groups is 1. The SMILES string of the molecule is Cc1ccc(N=C2NC(=O)/C(=C/c3cccc(OCc4ccc(F)cc4)c3)S2)cc1. The van der Waals surface area contributed by atoms with E-state index in [1.54, 1.807) is 12.1 Å². The molecule has 1 heterocycles. The Morgan fingerprint density at radius 1 is 1.07 bits per heavy atom. The van der Waals surface area contributed by atoms with Crippen LogP contribution in [0.4, 0.5) is 10.1 Å². The summed E-state index contributed by atoms with van der Waals surface area (Å²) in [5.41, 5.74) is 3.67. The van der Waals surface area contributed by atoms with Gasteiger partial charge in [0.05, 0.1) is 10.6 Å². The lowest BCUT2D eigenvalue weighted by Crippen LogP contribution is -2.19. The summed E-state index contributed by atoms with van der Waals surface area (Å²) in [5, 5.41) is 3.35. The normalized spacial score (nSPS) is 16.1. The number of ether oxygens (including phenoxy) is 1. The minimum absolute atomic E-state index is 0.177. The van der Waals surface area contributed by atoms with Crippen LogP contribution < -0.4 is 10.1 Å². The second kappa shape index (κ2) is 8.97. The van der Waals surface area contributed by atoms with Crippen LogP contribution in [0.25, 0.3) is 6.08 Å². The molecule has 1 amide bonds. The molecule has 3 aromatic carbocycles. The summed E-state index contributed by atoms with van der Waals surface area (Å²) < 4.78 is 18.8. The molecule has 1 fully saturated rings. The van der Waals surface area contributed by atoms with Gasteiger partial charge in [0.1, 0.15) is 18.2 Å². The van der Waals surface area contributed by atoms with Crippen molar-refractivity contribution in [2.24, 2.45) is 4.99 Å².